The molecule has 0 saturated carbocycles. The molecule has 140 valence electrons. The van der Waals surface area contributed by atoms with Gasteiger partial charge in [-0.25, -0.2) is 8.42 Å². The predicted molar refractivity (Wildman–Crippen MR) is 95.0 cm³/mol. The summed E-state index contributed by atoms with van der Waals surface area (Å²) in [6, 6.07) is 4.14. The van der Waals surface area contributed by atoms with Crippen LogP contribution in [-0.4, -0.2) is 63.2 Å². The van der Waals surface area contributed by atoms with Crippen molar-refractivity contribution >= 4 is 27.5 Å². The second kappa shape index (κ2) is 8.82. The monoisotopic (exact) mass is 371 g/mol. The lowest BCUT2D eigenvalue weighted by molar-refractivity contribution is -0.130. The Balaban J connectivity index is 3.12. The maximum absolute atomic E-state index is 12.7. The number of methoxy groups -OCH3 is 1. The number of nitrogens with one attached hydrogen (secondary N) is 1. The van der Waals surface area contributed by atoms with Crippen LogP contribution in [0.1, 0.15) is 20.8 Å². The molecule has 1 N–H and O–H groups in total. The summed E-state index contributed by atoms with van der Waals surface area (Å²) < 4.78 is 31.5. The van der Waals surface area contributed by atoms with E-state index in [2.05, 4.69) is 5.32 Å². The van der Waals surface area contributed by atoms with Crippen LogP contribution in [0.25, 0.3) is 0 Å². The third kappa shape index (κ3) is 5.17. The van der Waals surface area contributed by atoms with Crippen molar-refractivity contribution in [2.45, 2.75) is 25.7 Å². The summed E-state index contributed by atoms with van der Waals surface area (Å²) >= 11 is 0. The molecule has 25 heavy (non-hydrogen) atoms. The van der Waals surface area contributed by atoms with E-state index in [1.54, 1.807) is 4.90 Å². The molecule has 0 aromatic heterocycles. The van der Waals surface area contributed by atoms with Gasteiger partial charge in [-0.3, -0.25) is 9.59 Å². The number of benzene rings is 1. The molecule has 0 fully saturated rings. The first-order chi connectivity index (χ1) is 11.7. The second-order valence-electron chi connectivity index (χ2n) is 5.37. The van der Waals surface area contributed by atoms with Gasteiger partial charge in [-0.1, -0.05) is 0 Å². The molecule has 0 atom stereocenters. The number of sulfonamides is 1. The van der Waals surface area contributed by atoms with Crippen molar-refractivity contribution in [3.63, 3.8) is 0 Å². The largest absolute Gasteiger partial charge is 0.495 e. The fraction of sp³-hybridized carbons (Fsp3) is 0.500. The minimum atomic E-state index is -3.89. The van der Waals surface area contributed by atoms with Crippen molar-refractivity contribution in [2.75, 3.05) is 39.1 Å². The number of amides is 2. The zero-order valence-corrected chi connectivity index (χ0v) is 16.0. The molecule has 0 aliphatic carbocycles. The van der Waals surface area contributed by atoms with Crippen molar-refractivity contribution in [1.82, 2.24) is 9.21 Å². The molecule has 0 unspecified atom stereocenters. The van der Waals surface area contributed by atoms with Crippen LogP contribution < -0.4 is 10.1 Å². The van der Waals surface area contributed by atoms with Gasteiger partial charge in [-0.2, -0.15) is 4.31 Å². The topological polar surface area (TPSA) is 96.0 Å². The Labute approximate surface area is 148 Å². The summed E-state index contributed by atoms with van der Waals surface area (Å²) in [4.78, 5) is 25.0. The van der Waals surface area contributed by atoms with Crippen LogP contribution in [0, 0.1) is 0 Å². The molecule has 1 rings (SSSR count). The van der Waals surface area contributed by atoms with E-state index in [1.807, 2.05) is 13.8 Å². The average Bonchev–Trinajstić information content (AvgIpc) is 2.55. The molecule has 2 amide bonds. The molecule has 1 aromatic carbocycles. The molecule has 1 aromatic rings. The Morgan fingerprint density at radius 3 is 2.28 bits per heavy atom. The van der Waals surface area contributed by atoms with E-state index in [0.29, 0.717) is 18.8 Å². The standard InChI is InChI=1S/C16H25N3O5S/c1-6-19(7-2)16(21)11-18(4)25(22,23)13-8-9-15(24-5)14(10-13)17-12(3)20/h8-10H,6-7,11H2,1-5H3,(H,17,20). The van der Waals surface area contributed by atoms with Crippen molar-refractivity contribution in [1.29, 1.82) is 0 Å². The number of rotatable bonds is 8. The van der Waals surface area contributed by atoms with Gasteiger partial charge in [0.05, 0.1) is 24.2 Å². The highest BCUT2D eigenvalue weighted by molar-refractivity contribution is 7.89. The van der Waals surface area contributed by atoms with Gasteiger partial charge in [0.25, 0.3) is 0 Å². The zero-order valence-electron chi connectivity index (χ0n) is 15.2. The Hall–Kier alpha value is -2.13. The Bertz CT molecular complexity index is 729. The Morgan fingerprint density at radius 1 is 1.20 bits per heavy atom. The van der Waals surface area contributed by atoms with E-state index >= 15 is 0 Å². The maximum Gasteiger partial charge on any atom is 0.243 e. The molecule has 8 nitrogen and oxygen atoms in total. The van der Waals surface area contributed by atoms with E-state index in [-0.39, 0.29) is 28.9 Å². The van der Waals surface area contributed by atoms with Crippen LogP contribution in [0.2, 0.25) is 0 Å². The maximum atomic E-state index is 12.7. The Kier molecular flexibility index (Phi) is 7.38. The van der Waals surface area contributed by atoms with Gasteiger partial charge >= 0.3 is 0 Å². The summed E-state index contributed by atoms with van der Waals surface area (Å²) in [6.07, 6.45) is 0. The van der Waals surface area contributed by atoms with Gasteiger partial charge in [-0.15, -0.1) is 0 Å². The molecule has 0 saturated heterocycles. The number of carbonyl (C=O) groups excluding carboxylic acids is 2. The first-order valence-corrected chi connectivity index (χ1v) is 9.31. The van der Waals surface area contributed by atoms with E-state index in [9.17, 15) is 18.0 Å². The highest BCUT2D eigenvalue weighted by Crippen LogP contribution is 2.28. The van der Waals surface area contributed by atoms with Crippen LogP contribution in [0.3, 0.4) is 0 Å². The van der Waals surface area contributed by atoms with Gasteiger partial charge in [-0.05, 0) is 32.0 Å². The SMILES string of the molecule is CCN(CC)C(=O)CN(C)S(=O)(=O)c1ccc(OC)c(NC(C)=O)c1. The minimum Gasteiger partial charge on any atom is -0.495 e. The number of likely N-dealkylation sites (N-methyl/N-ethyl adjacent to an activating group) is 2. The van der Waals surface area contributed by atoms with Crippen molar-refractivity contribution < 1.29 is 22.7 Å². The third-order valence-corrected chi connectivity index (χ3v) is 5.46. The number of ether oxygens (including phenoxy) is 1. The summed E-state index contributed by atoms with van der Waals surface area (Å²) in [5, 5.41) is 2.53. The Morgan fingerprint density at radius 2 is 1.80 bits per heavy atom. The average molecular weight is 371 g/mol. The molecule has 0 bridgehead atoms. The summed E-state index contributed by atoms with van der Waals surface area (Å²) in [6.45, 7) is 5.75. The van der Waals surface area contributed by atoms with Crippen LogP contribution in [0.15, 0.2) is 23.1 Å². The van der Waals surface area contributed by atoms with E-state index in [1.165, 1.54) is 39.3 Å². The van der Waals surface area contributed by atoms with E-state index in [4.69, 9.17) is 4.74 Å². The van der Waals surface area contributed by atoms with E-state index in [0.717, 1.165) is 4.31 Å². The number of carbonyl (C=O) groups is 2. The van der Waals surface area contributed by atoms with Crippen LogP contribution in [0.4, 0.5) is 5.69 Å². The fourth-order valence-electron chi connectivity index (χ4n) is 2.27. The third-order valence-electron chi connectivity index (χ3n) is 3.66. The lowest BCUT2D eigenvalue weighted by Gasteiger charge is -2.23. The van der Waals surface area contributed by atoms with Gasteiger partial charge in [0, 0.05) is 27.1 Å². The smallest absolute Gasteiger partial charge is 0.243 e. The van der Waals surface area contributed by atoms with Gasteiger partial charge in [0.2, 0.25) is 21.8 Å². The van der Waals surface area contributed by atoms with Crippen LogP contribution in [0.5, 0.6) is 5.75 Å². The fourth-order valence-corrected chi connectivity index (χ4v) is 3.41. The molecule has 0 aliphatic rings. The lowest BCUT2D eigenvalue weighted by atomic mass is 10.3. The molecule has 0 heterocycles. The van der Waals surface area contributed by atoms with Crippen molar-refractivity contribution in [3.05, 3.63) is 18.2 Å². The van der Waals surface area contributed by atoms with Crippen molar-refractivity contribution in [2.24, 2.45) is 0 Å². The van der Waals surface area contributed by atoms with Crippen molar-refractivity contribution in [3.8, 4) is 5.75 Å². The molecule has 9 heteroatoms. The number of nitrogens with zero attached hydrogens (tertiary/aromatic N) is 2. The summed E-state index contributed by atoms with van der Waals surface area (Å²) in [5.41, 5.74) is 0.250. The highest BCUT2D eigenvalue weighted by atomic mass is 32.2. The molecule has 0 radical (unpaired) electrons. The second-order valence-corrected chi connectivity index (χ2v) is 7.42. The molecule has 0 aliphatic heterocycles. The minimum absolute atomic E-state index is 0.0353. The number of anilines is 1. The van der Waals surface area contributed by atoms with Crippen LogP contribution >= 0.6 is 0 Å². The first-order valence-electron chi connectivity index (χ1n) is 7.87. The van der Waals surface area contributed by atoms with Gasteiger partial charge in [0.15, 0.2) is 0 Å². The summed E-state index contributed by atoms with van der Waals surface area (Å²) in [7, 11) is -1.12. The zero-order chi connectivity index (χ0) is 19.2. The molecular formula is C16H25N3O5S. The number of hydrogen-bond acceptors (Lipinski definition) is 5. The summed E-state index contributed by atoms with van der Waals surface area (Å²) in [5.74, 6) is -0.277. The van der Waals surface area contributed by atoms with Crippen LogP contribution in [-0.2, 0) is 19.6 Å². The predicted octanol–water partition coefficient (Wildman–Crippen LogP) is 1.14. The number of hydrogen-bond donors (Lipinski definition) is 1. The van der Waals surface area contributed by atoms with Gasteiger partial charge in [0.1, 0.15) is 5.75 Å². The van der Waals surface area contributed by atoms with E-state index < -0.39 is 10.0 Å². The quantitative estimate of drug-likeness (QED) is 0.739. The normalized spacial score (nSPS) is 11.3. The molecule has 0 spiro atoms. The first kappa shape index (κ1) is 20.9. The molecular weight excluding hydrogens is 346 g/mol. The lowest BCUT2D eigenvalue weighted by Crippen LogP contribution is -2.41. The van der Waals surface area contributed by atoms with Gasteiger partial charge < -0.3 is 15.0 Å². The highest BCUT2D eigenvalue weighted by Gasteiger charge is 2.25.